The minimum absolute atomic E-state index is 0.239. The third kappa shape index (κ3) is 2.84. The number of phenols is 1. The van der Waals surface area contributed by atoms with E-state index in [1.165, 1.54) is 5.56 Å². The molecular weight excluding hydrogens is 264 g/mol. The molecule has 4 heteroatoms. The summed E-state index contributed by atoms with van der Waals surface area (Å²) < 4.78 is 5.78. The number of hydrogen-bond acceptors (Lipinski definition) is 4. The van der Waals surface area contributed by atoms with Crippen molar-refractivity contribution in [3.05, 3.63) is 54.1 Å². The summed E-state index contributed by atoms with van der Waals surface area (Å²) in [6.07, 6.45) is 0.857. The van der Waals surface area contributed by atoms with Crippen molar-refractivity contribution >= 4 is 17.1 Å². The van der Waals surface area contributed by atoms with Gasteiger partial charge in [-0.2, -0.15) is 4.98 Å². The second-order valence-corrected chi connectivity index (χ2v) is 5.29. The molecule has 0 saturated heterocycles. The van der Waals surface area contributed by atoms with Crippen molar-refractivity contribution < 1.29 is 9.52 Å². The monoisotopic (exact) mass is 282 g/mol. The Morgan fingerprint density at radius 3 is 2.57 bits per heavy atom. The van der Waals surface area contributed by atoms with Crippen LogP contribution in [-0.4, -0.2) is 23.2 Å². The van der Waals surface area contributed by atoms with Gasteiger partial charge in [-0.05, 0) is 43.2 Å². The summed E-state index contributed by atoms with van der Waals surface area (Å²) in [5.41, 5.74) is 2.84. The van der Waals surface area contributed by atoms with Crippen LogP contribution in [0.5, 0.6) is 5.75 Å². The first-order chi connectivity index (χ1) is 10.1. The highest BCUT2D eigenvalue weighted by atomic mass is 16.4. The number of aromatic hydroxyl groups is 1. The quantitative estimate of drug-likeness (QED) is 0.794. The van der Waals surface area contributed by atoms with E-state index < -0.39 is 0 Å². The highest BCUT2D eigenvalue weighted by molar-refractivity contribution is 5.74. The van der Waals surface area contributed by atoms with Gasteiger partial charge in [0.1, 0.15) is 11.3 Å². The van der Waals surface area contributed by atoms with Crippen LogP contribution in [0.4, 0.5) is 6.01 Å². The molecule has 0 radical (unpaired) electrons. The summed E-state index contributed by atoms with van der Waals surface area (Å²) in [4.78, 5) is 6.54. The van der Waals surface area contributed by atoms with Gasteiger partial charge in [-0.15, -0.1) is 0 Å². The van der Waals surface area contributed by atoms with E-state index in [4.69, 9.17) is 4.42 Å². The van der Waals surface area contributed by atoms with Crippen LogP contribution in [0.2, 0.25) is 0 Å². The van der Waals surface area contributed by atoms with Crippen LogP contribution in [0.15, 0.2) is 52.9 Å². The number of fused-ring (bicyclic) bond motifs is 1. The van der Waals surface area contributed by atoms with Crippen LogP contribution in [0.3, 0.4) is 0 Å². The third-order valence-electron chi connectivity index (χ3n) is 3.71. The predicted molar refractivity (Wildman–Crippen MR) is 83.7 cm³/mol. The Labute approximate surface area is 123 Å². The number of likely N-dealkylation sites (N-methyl/N-ethyl adjacent to an activating group) is 1. The maximum Gasteiger partial charge on any atom is 0.298 e. The van der Waals surface area contributed by atoms with Crippen LogP contribution in [0, 0.1) is 0 Å². The van der Waals surface area contributed by atoms with Crippen LogP contribution < -0.4 is 4.90 Å². The van der Waals surface area contributed by atoms with Crippen molar-refractivity contribution in [1.29, 1.82) is 0 Å². The Balaban J connectivity index is 1.77. The standard InChI is InChI=1S/C17H18N2O2/c1-12(11-13-7-9-14(20)10-8-13)19(2)17-18-15-5-3-4-6-16(15)21-17/h3-10,12,20H,11H2,1-2H3/t12-/m0/s1. The van der Waals surface area contributed by atoms with Gasteiger partial charge in [0.2, 0.25) is 0 Å². The molecule has 1 heterocycles. The number of phenolic OH excluding ortho intramolecular Hbond substituents is 1. The van der Waals surface area contributed by atoms with Gasteiger partial charge >= 0.3 is 0 Å². The molecule has 0 fully saturated rings. The zero-order valence-electron chi connectivity index (χ0n) is 12.2. The van der Waals surface area contributed by atoms with Gasteiger partial charge in [0.05, 0.1) is 0 Å². The molecule has 2 aromatic carbocycles. The number of benzene rings is 2. The summed E-state index contributed by atoms with van der Waals surface area (Å²) in [7, 11) is 1.98. The Kier molecular flexibility index (Phi) is 3.52. The minimum atomic E-state index is 0.239. The summed E-state index contributed by atoms with van der Waals surface area (Å²) in [5.74, 6) is 0.290. The predicted octanol–water partition coefficient (Wildman–Crippen LogP) is 3.60. The first kappa shape index (κ1) is 13.5. The number of nitrogens with zero attached hydrogens (tertiary/aromatic N) is 2. The molecule has 0 aliphatic rings. The minimum Gasteiger partial charge on any atom is -0.508 e. The molecule has 0 aliphatic carbocycles. The van der Waals surface area contributed by atoms with Gasteiger partial charge in [0.15, 0.2) is 5.58 Å². The number of rotatable bonds is 4. The average molecular weight is 282 g/mol. The van der Waals surface area contributed by atoms with Gasteiger partial charge in [0, 0.05) is 13.1 Å². The Morgan fingerprint density at radius 1 is 1.14 bits per heavy atom. The number of oxazole rings is 1. The molecule has 0 bridgehead atoms. The van der Waals surface area contributed by atoms with Crippen molar-refractivity contribution in [1.82, 2.24) is 4.98 Å². The van der Waals surface area contributed by atoms with E-state index in [1.807, 2.05) is 48.3 Å². The van der Waals surface area contributed by atoms with Gasteiger partial charge in [-0.1, -0.05) is 24.3 Å². The molecule has 0 aliphatic heterocycles. The molecule has 0 spiro atoms. The summed E-state index contributed by atoms with van der Waals surface area (Å²) in [6, 6.07) is 15.9. The van der Waals surface area contributed by atoms with Crippen LogP contribution in [0.25, 0.3) is 11.1 Å². The van der Waals surface area contributed by atoms with Crippen LogP contribution in [-0.2, 0) is 6.42 Å². The zero-order chi connectivity index (χ0) is 14.8. The second kappa shape index (κ2) is 5.48. The lowest BCUT2D eigenvalue weighted by atomic mass is 10.1. The van der Waals surface area contributed by atoms with Crippen LogP contribution >= 0.6 is 0 Å². The molecule has 0 saturated carbocycles. The highest BCUT2D eigenvalue weighted by Crippen LogP contribution is 2.23. The van der Waals surface area contributed by atoms with Crippen molar-refractivity contribution in [3.8, 4) is 5.75 Å². The molecule has 3 aromatic rings. The third-order valence-corrected chi connectivity index (χ3v) is 3.71. The molecule has 0 amide bonds. The fourth-order valence-electron chi connectivity index (χ4n) is 2.31. The lowest BCUT2D eigenvalue weighted by Crippen LogP contribution is -2.30. The van der Waals surface area contributed by atoms with E-state index >= 15 is 0 Å². The number of para-hydroxylation sites is 2. The first-order valence-electron chi connectivity index (χ1n) is 7.00. The molecule has 0 unspecified atom stereocenters. The molecule has 1 aromatic heterocycles. The molecular formula is C17H18N2O2. The van der Waals surface area contributed by atoms with Gasteiger partial charge in [-0.25, -0.2) is 0 Å². The van der Waals surface area contributed by atoms with Gasteiger partial charge in [-0.3, -0.25) is 0 Å². The summed E-state index contributed by atoms with van der Waals surface area (Å²) in [6.45, 7) is 2.13. The molecule has 108 valence electrons. The summed E-state index contributed by atoms with van der Waals surface area (Å²) >= 11 is 0. The number of aromatic nitrogens is 1. The fraction of sp³-hybridized carbons (Fsp3) is 0.235. The first-order valence-corrected chi connectivity index (χ1v) is 7.00. The average Bonchev–Trinajstić information content (AvgIpc) is 2.92. The van der Waals surface area contributed by atoms with Gasteiger partial charge < -0.3 is 14.4 Å². The molecule has 1 N–H and O–H groups in total. The lowest BCUT2D eigenvalue weighted by Gasteiger charge is -2.23. The Hall–Kier alpha value is -2.49. The number of hydrogen-bond donors (Lipinski definition) is 1. The molecule has 21 heavy (non-hydrogen) atoms. The summed E-state index contributed by atoms with van der Waals surface area (Å²) in [5, 5.41) is 9.32. The number of anilines is 1. The molecule has 3 rings (SSSR count). The van der Waals surface area contributed by atoms with E-state index in [0.717, 1.165) is 17.5 Å². The van der Waals surface area contributed by atoms with Crippen molar-refractivity contribution in [2.45, 2.75) is 19.4 Å². The van der Waals surface area contributed by atoms with E-state index in [1.54, 1.807) is 12.1 Å². The largest absolute Gasteiger partial charge is 0.508 e. The van der Waals surface area contributed by atoms with Crippen molar-refractivity contribution in [2.24, 2.45) is 0 Å². The van der Waals surface area contributed by atoms with Gasteiger partial charge in [0.25, 0.3) is 6.01 Å². The smallest absolute Gasteiger partial charge is 0.298 e. The fourth-order valence-corrected chi connectivity index (χ4v) is 2.31. The topological polar surface area (TPSA) is 49.5 Å². The molecule has 4 nitrogen and oxygen atoms in total. The Morgan fingerprint density at radius 2 is 1.86 bits per heavy atom. The zero-order valence-corrected chi connectivity index (χ0v) is 12.2. The van der Waals surface area contributed by atoms with E-state index in [2.05, 4.69) is 11.9 Å². The highest BCUT2D eigenvalue weighted by Gasteiger charge is 2.16. The van der Waals surface area contributed by atoms with Crippen molar-refractivity contribution in [2.75, 3.05) is 11.9 Å². The second-order valence-electron chi connectivity index (χ2n) is 5.29. The molecule has 1 atom stereocenters. The Bertz CT molecular complexity index is 701. The maximum atomic E-state index is 9.32. The van der Waals surface area contributed by atoms with Crippen molar-refractivity contribution in [3.63, 3.8) is 0 Å². The lowest BCUT2D eigenvalue weighted by molar-refractivity contribution is 0.475. The van der Waals surface area contributed by atoms with Crippen LogP contribution in [0.1, 0.15) is 12.5 Å². The van der Waals surface area contributed by atoms with E-state index in [9.17, 15) is 5.11 Å². The van der Waals surface area contributed by atoms with E-state index in [-0.39, 0.29) is 6.04 Å². The maximum absolute atomic E-state index is 9.32. The normalized spacial score (nSPS) is 12.5. The SMILES string of the molecule is C[C@@H](Cc1ccc(O)cc1)N(C)c1nc2ccccc2o1. The van der Waals surface area contributed by atoms with E-state index in [0.29, 0.717) is 11.8 Å².